The maximum atomic E-state index is 12.1. The summed E-state index contributed by atoms with van der Waals surface area (Å²) < 4.78 is 1.65. The zero-order valence-electron chi connectivity index (χ0n) is 12.5. The molecule has 1 aliphatic rings. The van der Waals surface area contributed by atoms with Crippen LogP contribution >= 0.6 is 11.8 Å². The molecule has 0 bridgehead atoms. The largest absolute Gasteiger partial charge is 0.344 e. The van der Waals surface area contributed by atoms with Gasteiger partial charge in [0.25, 0.3) is 0 Å². The lowest BCUT2D eigenvalue weighted by Gasteiger charge is -2.07. The van der Waals surface area contributed by atoms with E-state index in [2.05, 4.69) is 21.6 Å². The number of amides is 1. The second-order valence-electron chi connectivity index (χ2n) is 5.63. The van der Waals surface area contributed by atoms with E-state index in [-0.39, 0.29) is 23.4 Å². The quantitative estimate of drug-likeness (QED) is 0.829. The molecule has 1 aliphatic carbocycles. The second-order valence-corrected chi connectivity index (χ2v) is 6.57. The number of hydrogen-bond donors (Lipinski definition) is 2. The zero-order valence-corrected chi connectivity index (χ0v) is 13.4. The molecule has 2 N–H and O–H groups in total. The van der Waals surface area contributed by atoms with E-state index in [1.807, 2.05) is 26.0 Å². The molecule has 1 aromatic heterocycles. The molecule has 1 heterocycles. The highest BCUT2D eigenvalue weighted by Crippen LogP contribution is 2.35. The molecular formula is C15H18N4O2S. The lowest BCUT2D eigenvalue weighted by atomic mass is 10.1. The van der Waals surface area contributed by atoms with Crippen LogP contribution in [0.4, 0.5) is 5.69 Å². The predicted molar refractivity (Wildman–Crippen MR) is 86.4 cm³/mol. The molecule has 116 valence electrons. The Morgan fingerprint density at radius 1 is 1.36 bits per heavy atom. The first-order chi connectivity index (χ1) is 10.5. The second kappa shape index (κ2) is 6.00. The van der Waals surface area contributed by atoms with E-state index in [9.17, 15) is 9.59 Å². The summed E-state index contributed by atoms with van der Waals surface area (Å²) in [6.45, 7) is 3.99. The first kappa shape index (κ1) is 14.9. The van der Waals surface area contributed by atoms with Gasteiger partial charge in [-0.15, -0.1) is 5.10 Å². The van der Waals surface area contributed by atoms with Gasteiger partial charge in [0.1, 0.15) is 0 Å². The van der Waals surface area contributed by atoms with Gasteiger partial charge in [0.05, 0.1) is 5.75 Å². The highest BCUT2D eigenvalue weighted by Gasteiger charge is 2.28. The van der Waals surface area contributed by atoms with Crippen molar-refractivity contribution < 1.29 is 4.79 Å². The first-order valence-corrected chi connectivity index (χ1v) is 8.19. The normalized spacial score (nSPS) is 14.1. The first-order valence-electron chi connectivity index (χ1n) is 7.21. The average Bonchev–Trinajstić information content (AvgIpc) is 3.19. The molecule has 1 amide bonds. The number of carbonyl (C=O) groups is 1. The Labute approximate surface area is 132 Å². The van der Waals surface area contributed by atoms with Gasteiger partial charge in [0, 0.05) is 11.7 Å². The molecule has 1 fully saturated rings. The lowest BCUT2D eigenvalue weighted by Crippen LogP contribution is -2.18. The van der Waals surface area contributed by atoms with Crippen molar-refractivity contribution in [3.05, 3.63) is 39.8 Å². The maximum absolute atomic E-state index is 12.1. The van der Waals surface area contributed by atoms with E-state index in [0.717, 1.165) is 29.7 Å². The van der Waals surface area contributed by atoms with Gasteiger partial charge in [-0.05, 0) is 49.9 Å². The van der Waals surface area contributed by atoms with E-state index in [4.69, 9.17) is 0 Å². The molecule has 0 unspecified atom stereocenters. The lowest BCUT2D eigenvalue weighted by molar-refractivity contribution is -0.113. The fraction of sp³-hybridized carbons (Fsp3) is 0.400. The number of hydrogen-bond acceptors (Lipinski definition) is 4. The van der Waals surface area contributed by atoms with Crippen molar-refractivity contribution in [2.24, 2.45) is 0 Å². The SMILES string of the molecule is Cc1cc(C)cc(NC(=O)CSc2n[nH]c(=O)n2C2CC2)c1. The van der Waals surface area contributed by atoms with E-state index < -0.39 is 0 Å². The summed E-state index contributed by atoms with van der Waals surface area (Å²) in [4.78, 5) is 23.7. The summed E-state index contributed by atoms with van der Waals surface area (Å²) in [5.41, 5.74) is 2.82. The summed E-state index contributed by atoms with van der Waals surface area (Å²) in [6, 6.07) is 6.17. The minimum atomic E-state index is -0.195. The van der Waals surface area contributed by atoms with Gasteiger partial charge in [-0.25, -0.2) is 9.89 Å². The van der Waals surface area contributed by atoms with Crippen LogP contribution in [0.3, 0.4) is 0 Å². The van der Waals surface area contributed by atoms with E-state index >= 15 is 0 Å². The van der Waals surface area contributed by atoms with Crippen molar-refractivity contribution in [2.75, 3.05) is 11.1 Å². The molecule has 22 heavy (non-hydrogen) atoms. The fourth-order valence-corrected chi connectivity index (χ4v) is 3.23. The van der Waals surface area contributed by atoms with Gasteiger partial charge in [-0.3, -0.25) is 9.36 Å². The van der Waals surface area contributed by atoms with Crippen LogP contribution in [-0.2, 0) is 4.79 Å². The standard InChI is InChI=1S/C15H18N4O2S/c1-9-5-10(2)7-11(6-9)16-13(20)8-22-15-18-17-14(21)19(15)12-3-4-12/h5-7,12H,3-4,8H2,1-2H3,(H,16,20)(H,17,21). The van der Waals surface area contributed by atoms with Crippen molar-refractivity contribution in [3.8, 4) is 0 Å². The number of carbonyl (C=O) groups excluding carboxylic acids is 1. The molecule has 7 heteroatoms. The molecule has 3 rings (SSSR count). The summed E-state index contributed by atoms with van der Waals surface area (Å²) >= 11 is 1.28. The van der Waals surface area contributed by atoms with Crippen LogP contribution in [0.15, 0.2) is 28.2 Å². The van der Waals surface area contributed by atoms with Crippen LogP contribution in [-0.4, -0.2) is 26.4 Å². The molecular weight excluding hydrogens is 300 g/mol. The number of nitrogens with one attached hydrogen (secondary N) is 2. The predicted octanol–water partition coefficient (Wildman–Crippen LogP) is 2.25. The Bertz CT molecular complexity index is 741. The van der Waals surface area contributed by atoms with Crippen LogP contribution in [0, 0.1) is 13.8 Å². The molecule has 2 aromatic rings. The van der Waals surface area contributed by atoms with Crippen molar-refractivity contribution in [1.29, 1.82) is 0 Å². The number of H-pyrrole nitrogens is 1. The van der Waals surface area contributed by atoms with Crippen LogP contribution in [0.5, 0.6) is 0 Å². The molecule has 1 aromatic carbocycles. The van der Waals surface area contributed by atoms with Crippen molar-refractivity contribution in [2.45, 2.75) is 37.9 Å². The maximum Gasteiger partial charge on any atom is 0.344 e. The Kier molecular flexibility index (Phi) is 4.06. The van der Waals surface area contributed by atoms with Crippen molar-refractivity contribution in [3.63, 3.8) is 0 Å². The van der Waals surface area contributed by atoms with E-state index in [1.54, 1.807) is 4.57 Å². The topological polar surface area (TPSA) is 79.8 Å². The number of anilines is 1. The summed E-state index contributed by atoms with van der Waals surface area (Å²) in [6.07, 6.45) is 2.00. The number of nitrogens with zero attached hydrogens (tertiary/aromatic N) is 2. The number of thioether (sulfide) groups is 1. The zero-order chi connectivity index (χ0) is 15.7. The van der Waals surface area contributed by atoms with Gasteiger partial charge < -0.3 is 5.32 Å². The highest BCUT2D eigenvalue weighted by molar-refractivity contribution is 7.99. The van der Waals surface area contributed by atoms with Crippen LogP contribution in [0.1, 0.15) is 30.0 Å². The van der Waals surface area contributed by atoms with E-state index in [0.29, 0.717) is 5.16 Å². The minimum absolute atomic E-state index is 0.104. The van der Waals surface area contributed by atoms with Crippen LogP contribution in [0.25, 0.3) is 0 Å². The van der Waals surface area contributed by atoms with Crippen LogP contribution < -0.4 is 11.0 Å². The van der Waals surface area contributed by atoms with Crippen LogP contribution in [0.2, 0.25) is 0 Å². The van der Waals surface area contributed by atoms with Crippen molar-refractivity contribution >= 4 is 23.4 Å². The van der Waals surface area contributed by atoms with Crippen molar-refractivity contribution in [1.82, 2.24) is 14.8 Å². The third-order valence-electron chi connectivity index (χ3n) is 3.42. The molecule has 6 nitrogen and oxygen atoms in total. The van der Waals surface area contributed by atoms with Gasteiger partial charge >= 0.3 is 5.69 Å². The molecule has 0 spiro atoms. The Morgan fingerprint density at radius 2 is 2.05 bits per heavy atom. The highest BCUT2D eigenvalue weighted by atomic mass is 32.2. The third kappa shape index (κ3) is 3.41. The summed E-state index contributed by atoms with van der Waals surface area (Å²) in [5, 5.41) is 9.91. The number of aromatic nitrogens is 3. The summed E-state index contributed by atoms with van der Waals surface area (Å²) in [5.74, 6) is 0.122. The molecule has 0 saturated heterocycles. The number of benzene rings is 1. The third-order valence-corrected chi connectivity index (χ3v) is 4.37. The Morgan fingerprint density at radius 3 is 2.68 bits per heavy atom. The fourth-order valence-electron chi connectivity index (χ4n) is 2.42. The molecule has 0 radical (unpaired) electrons. The number of aryl methyl sites for hydroxylation is 2. The monoisotopic (exact) mass is 318 g/mol. The molecule has 0 atom stereocenters. The Balaban J connectivity index is 1.62. The smallest absolute Gasteiger partial charge is 0.325 e. The van der Waals surface area contributed by atoms with Gasteiger partial charge in [-0.2, -0.15) is 0 Å². The number of rotatable bonds is 5. The Hall–Kier alpha value is -2.02. The number of aromatic amines is 1. The van der Waals surface area contributed by atoms with Gasteiger partial charge in [0.15, 0.2) is 5.16 Å². The molecule has 1 saturated carbocycles. The van der Waals surface area contributed by atoms with Gasteiger partial charge in [-0.1, -0.05) is 17.8 Å². The van der Waals surface area contributed by atoms with Gasteiger partial charge in [0.2, 0.25) is 5.91 Å². The summed E-state index contributed by atoms with van der Waals surface area (Å²) in [7, 11) is 0. The van der Waals surface area contributed by atoms with E-state index in [1.165, 1.54) is 11.8 Å². The molecule has 0 aliphatic heterocycles. The average molecular weight is 318 g/mol. The minimum Gasteiger partial charge on any atom is -0.325 e.